The van der Waals surface area contributed by atoms with Crippen LogP contribution < -0.4 is 4.74 Å². The molecular weight excluding hydrogens is 468 g/mol. The van der Waals surface area contributed by atoms with Gasteiger partial charge in [0.2, 0.25) is 0 Å². The molecule has 37 heavy (non-hydrogen) atoms. The van der Waals surface area contributed by atoms with Crippen molar-refractivity contribution in [3.8, 4) is 5.75 Å². The molecule has 1 aromatic carbocycles. The summed E-state index contributed by atoms with van der Waals surface area (Å²) in [5.74, 6) is 1.85. The summed E-state index contributed by atoms with van der Waals surface area (Å²) in [4.78, 5) is 31.7. The van der Waals surface area contributed by atoms with E-state index in [9.17, 15) is 9.59 Å². The van der Waals surface area contributed by atoms with Crippen LogP contribution in [0, 0.1) is 18.8 Å². The molecule has 0 heterocycles. The number of Topliss-reactive ketones (excluding diaryl/α,β-unsaturated/α-hetero) is 2. The molecule has 0 aliphatic carbocycles. The lowest BCUT2D eigenvalue weighted by Gasteiger charge is -2.11. The van der Waals surface area contributed by atoms with Crippen molar-refractivity contribution in [1.82, 2.24) is 0 Å². The number of aldehydes is 1. The van der Waals surface area contributed by atoms with Crippen LogP contribution in [0.3, 0.4) is 0 Å². The third-order valence-electron chi connectivity index (χ3n) is 5.73. The summed E-state index contributed by atoms with van der Waals surface area (Å²) in [5.41, 5.74) is 2.92. The molecule has 0 aromatic heterocycles. The van der Waals surface area contributed by atoms with Crippen molar-refractivity contribution in [1.29, 1.82) is 0 Å². The molecule has 1 atom stereocenters. The molecule has 212 valence electrons. The van der Waals surface area contributed by atoms with Crippen molar-refractivity contribution >= 4 is 17.9 Å². The average Bonchev–Trinajstić information content (AvgIpc) is 2.86. The molecule has 1 aromatic rings. The van der Waals surface area contributed by atoms with Crippen molar-refractivity contribution < 1.29 is 29.0 Å². The molecule has 6 heteroatoms. The maximum Gasteiger partial charge on any atom is 0.165 e. The molecule has 0 aliphatic heterocycles. The number of ketones is 2. The molecule has 0 amide bonds. The number of hydrogen-bond donors (Lipinski definition) is 1. The van der Waals surface area contributed by atoms with Crippen molar-refractivity contribution in [2.75, 3.05) is 26.4 Å². The third kappa shape index (κ3) is 20.4. The van der Waals surface area contributed by atoms with E-state index in [-0.39, 0.29) is 18.3 Å². The Balaban J connectivity index is 0. The number of aryl methyl sites for hydroxylation is 1. The fraction of sp³-hybridized carbons (Fsp3) is 0.645. The number of hydrogen-bond acceptors (Lipinski definition) is 6. The van der Waals surface area contributed by atoms with E-state index in [0.29, 0.717) is 37.8 Å². The first kappa shape index (κ1) is 36.8. The van der Waals surface area contributed by atoms with Gasteiger partial charge < -0.3 is 19.4 Å². The van der Waals surface area contributed by atoms with Gasteiger partial charge in [0.1, 0.15) is 17.8 Å². The second-order valence-electron chi connectivity index (χ2n) is 9.51. The first-order valence-electron chi connectivity index (χ1n) is 13.6. The Morgan fingerprint density at radius 3 is 2.11 bits per heavy atom. The van der Waals surface area contributed by atoms with Crippen LogP contribution in [-0.4, -0.2) is 49.4 Å². The number of aliphatic hydroxyl groups is 1. The maximum absolute atomic E-state index is 12.0. The minimum atomic E-state index is 0.0119. The molecule has 0 spiro atoms. The Bertz CT molecular complexity index is 769. The number of benzene rings is 1. The lowest BCUT2D eigenvalue weighted by Crippen LogP contribution is -2.09. The first-order valence-corrected chi connectivity index (χ1v) is 13.6. The molecule has 1 N–H and O–H groups in total. The lowest BCUT2D eigenvalue weighted by atomic mass is 9.97. The topological polar surface area (TPSA) is 89.9 Å². The number of carbonyl (C=O) groups is 3. The zero-order chi connectivity index (χ0) is 28.6. The van der Waals surface area contributed by atoms with Gasteiger partial charge in [-0.3, -0.25) is 9.59 Å². The monoisotopic (exact) mass is 520 g/mol. The summed E-state index contributed by atoms with van der Waals surface area (Å²) in [7, 11) is 0. The Morgan fingerprint density at radius 2 is 1.62 bits per heavy atom. The van der Waals surface area contributed by atoms with Gasteiger partial charge in [0.05, 0.1) is 6.61 Å². The van der Waals surface area contributed by atoms with Crippen LogP contribution in [0.2, 0.25) is 0 Å². The minimum absolute atomic E-state index is 0.0119. The van der Waals surface area contributed by atoms with Crippen LogP contribution in [-0.2, 0) is 14.3 Å². The number of carbonyl (C=O) groups excluding carboxylic acids is 3. The predicted octanol–water partition coefficient (Wildman–Crippen LogP) is 6.94. The Morgan fingerprint density at radius 1 is 1.05 bits per heavy atom. The number of allylic oxidation sites excluding steroid dienone is 1. The summed E-state index contributed by atoms with van der Waals surface area (Å²) in [6.07, 6.45) is 6.70. The van der Waals surface area contributed by atoms with Crippen LogP contribution >= 0.6 is 0 Å². The van der Waals surface area contributed by atoms with E-state index in [2.05, 4.69) is 13.5 Å². The van der Waals surface area contributed by atoms with E-state index < -0.39 is 0 Å². The third-order valence-corrected chi connectivity index (χ3v) is 5.73. The van der Waals surface area contributed by atoms with E-state index in [1.165, 1.54) is 12.5 Å². The van der Waals surface area contributed by atoms with E-state index in [0.717, 1.165) is 61.9 Å². The maximum atomic E-state index is 12.0. The Hall–Kier alpha value is -2.31. The minimum Gasteiger partial charge on any atom is -0.494 e. The van der Waals surface area contributed by atoms with Crippen LogP contribution in [0.5, 0.6) is 5.75 Å². The van der Waals surface area contributed by atoms with Gasteiger partial charge in [0, 0.05) is 44.1 Å². The highest BCUT2D eigenvalue weighted by atomic mass is 16.5. The van der Waals surface area contributed by atoms with Crippen molar-refractivity contribution in [3.05, 3.63) is 41.5 Å². The number of ether oxygens (including phenoxy) is 2. The zero-order valence-corrected chi connectivity index (χ0v) is 24.4. The SMILES string of the molecule is C=C(C)C(C)CCC(=O)CC.CC=O.Cc1cc(OCCCCOCCCCO)ccc1C(=O)C(C)C. The van der Waals surface area contributed by atoms with Gasteiger partial charge in [0.15, 0.2) is 5.78 Å². The molecular formula is C31H52O6. The summed E-state index contributed by atoms with van der Waals surface area (Å²) in [6, 6.07) is 5.66. The van der Waals surface area contributed by atoms with E-state index >= 15 is 0 Å². The summed E-state index contributed by atoms with van der Waals surface area (Å²) in [6.45, 7) is 19.4. The van der Waals surface area contributed by atoms with Gasteiger partial charge in [-0.15, -0.1) is 0 Å². The van der Waals surface area contributed by atoms with Crippen molar-refractivity contribution in [2.24, 2.45) is 11.8 Å². The number of rotatable bonds is 17. The molecule has 0 saturated heterocycles. The van der Waals surface area contributed by atoms with Gasteiger partial charge in [0.25, 0.3) is 0 Å². The van der Waals surface area contributed by atoms with Gasteiger partial charge in [-0.25, -0.2) is 0 Å². The highest BCUT2D eigenvalue weighted by Gasteiger charge is 2.13. The molecule has 0 radical (unpaired) electrons. The first-order chi connectivity index (χ1) is 17.5. The van der Waals surface area contributed by atoms with Crippen molar-refractivity contribution in [2.45, 2.75) is 93.4 Å². The molecule has 0 bridgehead atoms. The fourth-order valence-corrected chi connectivity index (χ4v) is 3.03. The second-order valence-corrected chi connectivity index (χ2v) is 9.51. The molecule has 0 aliphatic rings. The smallest absolute Gasteiger partial charge is 0.165 e. The fourth-order valence-electron chi connectivity index (χ4n) is 3.03. The molecule has 0 saturated carbocycles. The molecule has 0 fully saturated rings. The van der Waals surface area contributed by atoms with Gasteiger partial charge in [-0.1, -0.05) is 39.8 Å². The number of unbranched alkanes of at least 4 members (excludes halogenated alkanes) is 2. The quantitative estimate of drug-likeness (QED) is 0.103. The van der Waals surface area contributed by atoms with Crippen LogP contribution in [0.4, 0.5) is 0 Å². The number of aliphatic hydroxyl groups excluding tert-OH is 1. The average molecular weight is 521 g/mol. The Kier molecular flexibility index (Phi) is 24.0. The summed E-state index contributed by atoms with van der Waals surface area (Å²) in [5, 5.41) is 8.65. The van der Waals surface area contributed by atoms with Crippen LogP contribution in [0.15, 0.2) is 30.4 Å². The van der Waals surface area contributed by atoms with Crippen molar-refractivity contribution in [3.63, 3.8) is 0 Å². The summed E-state index contributed by atoms with van der Waals surface area (Å²) < 4.78 is 11.2. The largest absolute Gasteiger partial charge is 0.494 e. The molecule has 1 unspecified atom stereocenters. The summed E-state index contributed by atoms with van der Waals surface area (Å²) >= 11 is 0. The highest BCUT2D eigenvalue weighted by molar-refractivity contribution is 5.98. The second kappa shape index (κ2) is 24.1. The molecule has 1 rings (SSSR count). The van der Waals surface area contributed by atoms with E-state index in [4.69, 9.17) is 19.4 Å². The molecule has 6 nitrogen and oxygen atoms in total. The van der Waals surface area contributed by atoms with Crippen LogP contribution in [0.25, 0.3) is 0 Å². The highest BCUT2D eigenvalue weighted by Crippen LogP contribution is 2.20. The zero-order valence-electron chi connectivity index (χ0n) is 24.4. The Labute approximate surface area is 225 Å². The van der Waals surface area contributed by atoms with E-state index in [1.54, 1.807) is 0 Å². The normalized spacial score (nSPS) is 10.9. The van der Waals surface area contributed by atoms with Crippen LogP contribution in [0.1, 0.15) is 102 Å². The lowest BCUT2D eigenvalue weighted by molar-refractivity contribution is -0.119. The standard InChI is InChI=1S/C19H30O4.C10H18O.C2H4O/c1-15(2)19(21)18-9-8-17(14-16(18)3)23-13-7-6-12-22-11-5-4-10-20;1-5-10(11)7-6-9(4)8(2)3;1-2-3/h8-9,14-15,20H,4-7,10-13H2,1-3H3;9H,2,5-7H2,1,3-4H3;2H,1H3. The van der Waals surface area contributed by atoms with E-state index in [1.807, 2.05) is 52.8 Å². The van der Waals surface area contributed by atoms with Gasteiger partial charge >= 0.3 is 0 Å². The van der Waals surface area contributed by atoms with Gasteiger partial charge in [-0.2, -0.15) is 0 Å². The van der Waals surface area contributed by atoms with Gasteiger partial charge in [-0.05, 0) is 82.6 Å². The predicted molar refractivity (Wildman–Crippen MR) is 152 cm³/mol.